The maximum Gasteiger partial charge on any atom is 0.339 e. The first-order valence-corrected chi connectivity index (χ1v) is 13.3. The number of esters is 1. The van der Waals surface area contributed by atoms with Crippen LogP contribution in [0.1, 0.15) is 53.7 Å². The Balaban J connectivity index is 1.52. The zero-order valence-electron chi connectivity index (χ0n) is 21.0. The van der Waals surface area contributed by atoms with Crippen LogP contribution in [-0.2, 0) is 11.2 Å². The van der Waals surface area contributed by atoms with Crippen LogP contribution in [0.2, 0.25) is 0 Å². The van der Waals surface area contributed by atoms with Crippen molar-refractivity contribution in [3.05, 3.63) is 93.8 Å². The van der Waals surface area contributed by atoms with Crippen molar-refractivity contribution in [3.63, 3.8) is 0 Å². The van der Waals surface area contributed by atoms with Gasteiger partial charge in [0.2, 0.25) is 0 Å². The van der Waals surface area contributed by atoms with Crippen LogP contribution >= 0.6 is 11.3 Å². The summed E-state index contributed by atoms with van der Waals surface area (Å²) in [5.41, 5.74) is 4.65. The Labute approximate surface area is 216 Å². The molecule has 0 bridgehead atoms. The van der Waals surface area contributed by atoms with E-state index in [2.05, 4.69) is 44.4 Å². The third kappa shape index (κ3) is 5.21. The molecule has 0 fully saturated rings. The summed E-state index contributed by atoms with van der Waals surface area (Å²) in [5.74, 6) is 0.829. The summed E-state index contributed by atoms with van der Waals surface area (Å²) in [4.78, 5) is 19.9. The van der Waals surface area contributed by atoms with Gasteiger partial charge in [0.05, 0.1) is 16.8 Å². The number of carbonyl (C=O) groups excluding carboxylic acids is 1. The maximum absolute atomic E-state index is 13.6. The van der Waals surface area contributed by atoms with Gasteiger partial charge in [0.25, 0.3) is 0 Å². The summed E-state index contributed by atoms with van der Waals surface area (Å²) < 4.78 is 11.5. The summed E-state index contributed by atoms with van der Waals surface area (Å²) in [5, 5.41) is 2.93. The molecule has 0 spiro atoms. The van der Waals surface area contributed by atoms with Gasteiger partial charge in [-0.1, -0.05) is 63.2 Å². The molecule has 2 aromatic carbocycles. The Kier molecular flexibility index (Phi) is 6.92. The highest BCUT2D eigenvalue weighted by Crippen LogP contribution is 2.45. The number of fused-ring (bicyclic) bond motifs is 2. The van der Waals surface area contributed by atoms with Gasteiger partial charge >= 0.3 is 5.97 Å². The number of aromatic nitrogens is 1. The Hall–Kier alpha value is -3.44. The van der Waals surface area contributed by atoms with Crippen molar-refractivity contribution in [2.24, 2.45) is 11.3 Å². The monoisotopic (exact) mass is 497 g/mol. The highest BCUT2D eigenvalue weighted by atomic mass is 32.1. The number of hydrogen-bond donors (Lipinski definition) is 0. The van der Waals surface area contributed by atoms with Crippen LogP contribution in [0.25, 0.3) is 22.6 Å². The van der Waals surface area contributed by atoms with Crippen LogP contribution in [0, 0.1) is 11.3 Å². The molecule has 36 heavy (non-hydrogen) atoms. The molecule has 2 aromatic heterocycles. The fourth-order valence-corrected chi connectivity index (χ4v) is 5.48. The minimum Gasteiger partial charge on any atom is -0.490 e. The van der Waals surface area contributed by atoms with Gasteiger partial charge in [-0.3, -0.25) is 0 Å². The van der Waals surface area contributed by atoms with Gasteiger partial charge in [0.15, 0.2) is 0 Å². The topological polar surface area (TPSA) is 48.4 Å². The molecular formula is C31H31NO3S. The molecule has 5 heteroatoms. The average Bonchev–Trinajstić information content (AvgIpc) is 3.38. The number of thiophene rings is 1. The Morgan fingerprint density at radius 2 is 1.78 bits per heavy atom. The van der Waals surface area contributed by atoms with Crippen molar-refractivity contribution in [2.45, 2.75) is 33.6 Å². The molecule has 1 unspecified atom stereocenters. The van der Waals surface area contributed by atoms with E-state index in [4.69, 9.17) is 14.5 Å². The summed E-state index contributed by atoms with van der Waals surface area (Å²) in [6.45, 7) is 7.31. The molecule has 2 heterocycles. The normalized spacial score (nSPS) is 16.6. The fraction of sp³-hybridized carbons (Fsp3) is 0.290. The number of benzene rings is 2. The molecule has 0 amide bonds. The number of carbonyl (C=O) groups is 1. The highest BCUT2D eigenvalue weighted by molar-refractivity contribution is 7.10. The second-order valence-electron chi connectivity index (χ2n) is 10.3. The lowest BCUT2D eigenvalue weighted by Crippen LogP contribution is -2.29. The second-order valence-corrected chi connectivity index (χ2v) is 11.3. The molecule has 1 aliphatic rings. The summed E-state index contributed by atoms with van der Waals surface area (Å²) in [7, 11) is 0. The number of hydrogen-bond acceptors (Lipinski definition) is 5. The largest absolute Gasteiger partial charge is 0.490 e. The van der Waals surface area contributed by atoms with Crippen LogP contribution in [-0.4, -0.2) is 24.2 Å². The van der Waals surface area contributed by atoms with E-state index in [1.165, 1.54) is 10.5 Å². The molecule has 0 saturated heterocycles. The second kappa shape index (κ2) is 10.3. The molecule has 4 nitrogen and oxygen atoms in total. The van der Waals surface area contributed by atoms with Crippen molar-refractivity contribution >= 4 is 39.9 Å². The van der Waals surface area contributed by atoms with Gasteiger partial charge in [-0.2, -0.15) is 0 Å². The molecule has 0 N–H and O–H groups in total. The van der Waals surface area contributed by atoms with Gasteiger partial charge in [-0.15, -0.1) is 11.3 Å². The molecular weight excluding hydrogens is 466 g/mol. The summed E-state index contributed by atoms with van der Waals surface area (Å²) in [6, 6.07) is 21.6. The van der Waals surface area contributed by atoms with Gasteiger partial charge in [-0.25, -0.2) is 9.78 Å². The Bertz CT molecular complexity index is 1380. The smallest absolute Gasteiger partial charge is 0.339 e. The molecule has 0 aliphatic heterocycles. The molecule has 184 valence electrons. The van der Waals surface area contributed by atoms with Crippen molar-refractivity contribution in [1.82, 2.24) is 4.98 Å². The van der Waals surface area contributed by atoms with Crippen LogP contribution in [0.4, 0.5) is 0 Å². The average molecular weight is 498 g/mol. The van der Waals surface area contributed by atoms with Gasteiger partial charge in [0.1, 0.15) is 19.0 Å². The number of ether oxygens (including phenoxy) is 2. The van der Waals surface area contributed by atoms with Gasteiger partial charge in [-0.05, 0) is 71.0 Å². The third-order valence-corrected chi connectivity index (χ3v) is 7.65. The predicted octanol–water partition coefficient (Wildman–Crippen LogP) is 7.68. The van der Waals surface area contributed by atoms with Gasteiger partial charge in [0, 0.05) is 10.3 Å². The minimum absolute atomic E-state index is 0.0859. The Morgan fingerprint density at radius 1 is 1.00 bits per heavy atom. The first-order valence-electron chi connectivity index (χ1n) is 12.4. The molecule has 1 aliphatic carbocycles. The van der Waals surface area contributed by atoms with Crippen molar-refractivity contribution in [1.29, 1.82) is 0 Å². The fourth-order valence-electron chi connectivity index (χ4n) is 4.80. The van der Waals surface area contributed by atoms with E-state index < -0.39 is 0 Å². The molecule has 0 saturated carbocycles. The van der Waals surface area contributed by atoms with Crippen molar-refractivity contribution in [3.8, 4) is 5.75 Å². The van der Waals surface area contributed by atoms with Crippen molar-refractivity contribution < 1.29 is 14.3 Å². The number of pyridine rings is 1. The molecule has 0 radical (unpaired) electrons. The first kappa shape index (κ1) is 24.3. The lowest BCUT2D eigenvalue weighted by Gasteiger charge is -2.36. The van der Waals surface area contributed by atoms with E-state index in [9.17, 15) is 4.79 Å². The SMILES string of the molecule is CC(C)(C)C1CC(=Cc2cccs2)c2nc3ccccc3c(C(=O)OCCOc3ccccc3)c2C1. The molecule has 4 aromatic rings. The zero-order valence-corrected chi connectivity index (χ0v) is 21.8. The predicted molar refractivity (Wildman–Crippen MR) is 147 cm³/mol. The van der Waals surface area contributed by atoms with Crippen LogP contribution in [0.15, 0.2) is 72.1 Å². The van der Waals surface area contributed by atoms with E-state index in [1.54, 1.807) is 11.3 Å². The standard InChI is InChI=1S/C31H31NO3S/c1-31(2,3)22-18-21(19-24-12-9-17-36-24)29-26(20-22)28(25-13-7-8-14-27(25)32-29)30(33)35-16-15-34-23-10-5-4-6-11-23/h4-14,17,19,22H,15-16,18,20H2,1-3H3. The lowest BCUT2D eigenvalue weighted by atomic mass is 9.69. The lowest BCUT2D eigenvalue weighted by molar-refractivity contribution is 0.0450. The number of para-hydroxylation sites is 2. The van der Waals surface area contributed by atoms with E-state index in [0.29, 0.717) is 18.1 Å². The molecule has 5 rings (SSSR count). The van der Waals surface area contributed by atoms with Gasteiger partial charge < -0.3 is 9.47 Å². The van der Waals surface area contributed by atoms with E-state index in [0.717, 1.165) is 40.8 Å². The number of nitrogens with zero attached hydrogens (tertiary/aromatic N) is 1. The van der Waals surface area contributed by atoms with E-state index in [1.807, 2.05) is 54.6 Å². The first-order chi connectivity index (χ1) is 17.4. The zero-order chi connectivity index (χ0) is 25.1. The number of allylic oxidation sites excluding steroid dienone is 1. The molecule has 1 atom stereocenters. The minimum atomic E-state index is -0.313. The van der Waals surface area contributed by atoms with E-state index in [-0.39, 0.29) is 18.0 Å². The van der Waals surface area contributed by atoms with E-state index >= 15 is 0 Å². The van der Waals surface area contributed by atoms with Crippen LogP contribution in [0.5, 0.6) is 5.75 Å². The number of rotatable bonds is 6. The highest BCUT2D eigenvalue weighted by Gasteiger charge is 2.35. The Morgan fingerprint density at radius 3 is 2.53 bits per heavy atom. The quantitative estimate of drug-likeness (QED) is 0.202. The van der Waals surface area contributed by atoms with Crippen molar-refractivity contribution in [2.75, 3.05) is 13.2 Å². The van der Waals surface area contributed by atoms with Crippen LogP contribution < -0.4 is 4.74 Å². The summed E-state index contributed by atoms with van der Waals surface area (Å²) in [6.07, 6.45) is 3.97. The van der Waals surface area contributed by atoms with Crippen LogP contribution in [0.3, 0.4) is 0 Å². The third-order valence-electron chi connectivity index (χ3n) is 6.83. The summed E-state index contributed by atoms with van der Waals surface area (Å²) >= 11 is 1.72. The maximum atomic E-state index is 13.6.